The molecule has 2 heterocycles. The summed E-state index contributed by atoms with van der Waals surface area (Å²) >= 11 is 0. The highest BCUT2D eigenvalue weighted by atomic mass is 16.5. The first kappa shape index (κ1) is 18.9. The zero-order valence-corrected chi connectivity index (χ0v) is 13.9. The average Bonchev–Trinajstić information content (AvgIpc) is 2.60. The number of carbonyl (C=O) groups excluding carboxylic acids is 1. The van der Waals surface area contributed by atoms with E-state index in [9.17, 15) is 9.59 Å². The minimum absolute atomic E-state index is 0.267. The summed E-state index contributed by atoms with van der Waals surface area (Å²) in [5.74, 6) is -1.78. The number of carbonyl (C=O) groups is 2. The van der Waals surface area contributed by atoms with Crippen molar-refractivity contribution in [1.82, 2.24) is 9.80 Å². The molecule has 0 spiro atoms. The number of hydrogen-bond acceptors (Lipinski definition) is 7. The van der Waals surface area contributed by atoms with Crippen LogP contribution in [-0.2, 0) is 23.8 Å². The van der Waals surface area contributed by atoms with Crippen LogP contribution >= 0.6 is 0 Å². The Bertz CT molecular complexity index is 430. The molecule has 2 aliphatic rings. The van der Waals surface area contributed by atoms with Gasteiger partial charge in [-0.1, -0.05) is 0 Å². The first-order valence-corrected chi connectivity index (χ1v) is 8.35. The van der Waals surface area contributed by atoms with Crippen molar-refractivity contribution in [3.8, 4) is 0 Å². The van der Waals surface area contributed by atoms with E-state index in [1.165, 1.54) is 0 Å². The van der Waals surface area contributed by atoms with Gasteiger partial charge in [0.05, 0.1) is 26.4 Å². The van der Waals surface area contributed by atoms with E-state index < -0.39 is 11.9 Å². The van der Waals surface area contributed by atoms with Gasteiger partial charge >= 0.3 is 11.9 Å². The number of ether oxygens (including phenoxy) is 3. The van der Waals surface area contributed by atoms with Gasteiger partial charge in [-0.2, -0.15) is 0 Å². The summed E-state index contributed by atoms with van der Waals surface area (Å²) in [5.41, 5.74) is 0. The molecule has 8 heteroatoms. The van der Waals surface area contributed by atoms with Crippen molar-refractivity contribution in [3.05, 3.63) is 12.2 Å². The molecule has 2 rings (SSSR count). The molecule has 1 unspecified atom stereocenters. The number of carboxylic acids is 1. The lowest BCUT2D eigenvalue weighted by atomic mass is 10.2. The first-order valence-electron chi connectivity index (χ1n) is 8.35. The van der Waals surface area contributed by atoms with Gasteiger partial charge in [-0.3, -0.25) is 9.80 Å². The van der Waals surface area contributed by atoms with Gasteiger partial charge in [0.25, 0.3) is 0 Å². The minimum Gasteiger partial charge on any atom is -0.478 e. The van der Waals surface area contributed by atoms with Gasteiger partial charge in [-0.15, -0.1) is 0 Å². The molecule has 2 fully saturated rings. The Balaban J connectivity index is 1.84. The van der Waals surface area contributed by atoms with Crippen LogP contribution in [-0.4, -0.2) is 98.6 Å². The van der Waals surface area contributed by atoms with Crippen LogP contribution in [0.3, 0.4) is 0 Å². The summed E-state index contributed by atoms with van der Waals surface area (Å²) in [5, 5.41) is 8.60. The lowest BCUT2D eigenvalue weighted by Gasteiger charge is -2.32. The van der Waals surface area contributed by atoms with Crippen molar-refractivity contribution in [2.75, 3.05) is 65.7 Å². The van der Waals surface area contributed by atoms with E-state index >= 15 is 0 Å². The van der Waals surface area contributed by atoms with E-state index in [2.05, 4.69) is 9.80 Å². The summed E-state index contributed by atoms with van der Waals surface area (Å²) in [6.45, 7) is 7.70. The average molecular weight is 342 g/mol. The van der Waals surface area contributed by atoms with Crippen molar-refractivity contribution in [2.24, 2.45) is 0 Å². The molecule has 2 aliphatic heterocycles. The van der Waals surface area contributed by atoms with Crippen LogP contribution in [0.1, 0.15) is 6.42 Å². The number of esters is 1. The van der Waals surface area contributed by atoms with Crippen LogP contribution in [0.5, 0.6) is 0 Å². The van der Waals surface area contributed by atoms with E-state index in [0.29, 0.717) is 26.2 Å². The molecule has 2 saturated heterocycles. The fourth-order valence-electron chi connectivity index (χ4n) is 2.75. The van der Waals surface area contributed by atoms with Crippen LogP contribution in [0.15, 0.2) is 12.2 Å². The predicted molar refractivity (Wildman–Crippen MR) is 85.8 cm³/mol. The molecule has 0 aromatic heterocycles. The Morgan fingerprint density at radius 2 is 1.58 bits per heavy atom. The number of rotatable bonds is 8. The molecule has 136 valence electrons. The maximum Gasteiger partial charge on any atom is 0.331 e. The summed E-state index contributed by atoms with van der Waals surface area (Å²) in [6, 6.07) is 0. The molecule has 0 aliphatic carbocycles. The molecule has 1 atom stereocenters. The van der Waals surface area contributed by atoms with Crippen LogP contribution in [0.25, 0.3) is 0 Å². The third kappa shape index (κ3) is 7.39. The number of carboxylic acid groups (broad SMARTS) is 1. The van der Waals surface area contributed by atoms with Crippen LogP contribution < -0.4 is 0 Å². The van der Waals surface area contributed by atoms with Gasteiger partial charge in [0.2, 0.25) is 0 Å². The summed E-state index contributed by atoms with van der Waals surface area (Å²) in [4.78, 5) is 26.8. The van der Waals surface area contributed by atoms with Crippen molar-refractivity contribution in [3.63, 3.8) is 0 Å². The summed E-state index contributed by atoms with van der Waals surface area (Å²) in [6.07, 6.45) is 2.21. The molecule has 24 heavy (non-hydrogen) atoms. The van der Waals surface area contributed by atoms with Crippen molar-refractivity contribution < 1.29 is 28.9 Å². The SMILES string of the molecule is O=C(O)C=CC(=O)OC(CCN1CCOCC1)CN1CCOCC1. The Morgan fingerprint density at radius 1 is 1.00 bits per heavy atom. The van der Waals surface area contributed by atoms with Crippen LogP contribution in [0.2, 0.25) is 0 Å². The van der Waals surface area contributed by atoms with E-state index in [0.717, 1.165) is 58.1 Å². The van der Waals surface area contributed by atoms with Gasteiger partial charge < -0.3 is 19.3 Å². The molecule has 1 N–H and O–H groups in total. The molecule has 8 nitrogen and oxygen atoms in total. The number of nitrogens with zero attached hydrogens (tertiary/aromatic N) is 2. The van der Waals surface area contributed by atoms with Gasteiger partial charge in [0.15, 0.2) is 0 Å². The summed E-state index contributed by atoms with van der Waals surface area (Å²) in [7, 11) is 0. The fourth-order valence-corrected chi connectivity index (χ4v) is 2.75. The van der Waals surface area contributed by atoms with Crippen LogP contribution in [0.4, 0.5) is 0 Å². The molecule has 0 amide bonds. The monoisotopic (exact) mass is 342 g/mol. The Morgan fingerprint density at radius 3 is 2.17 bits per heavy atom. The topological polar surface area (TPSA) is 88.5 Å². The molecular formula is C16H26N2O6. The standard InChI is InChI=1S/C16H26N2O6/c19-15(20)1-2-16(21)24-14(13-18-7-11-23-12-8-18)3-4-17-5-9-22-10-6-17/h1-2,14H,3-13H2,(H,19,20). The molecular weight excluding hydrogens is 316 g/mol. The summed E-state index contributed by atoms with van der Waals surface area (Å²) < 4.78 is 16.1. The van der Waals surface area contributed by atoms with Crippen LogP contribution in [0, 0.1) is 0 Å². The van der Waals surface area contributed by atoms with Gasteiger partial charge in [-0.25, -0.2) is 9.59 Å². The third-order valence-electron chi connectivity index (χ3n) is 4.08. The minimum atomic E-state index is -1.16. The Hall–Kier alpha value is -1.48. The van der Waals surface area contributed by atoms with E-state index in [1.54, 1.807) is 0 Å². The largest absolute Gasteiger partial charge is 0.478 e. The number of morpholine rings is 2. The first-order chi connectivity index (χ1) is 11.6. The highest BCUT2D eigenvalue weighted by Crippen LogP contribution is 2.08. The quantitative estimate of drug-likeness (QED) is 0.471. The van der Waals surface area contributed by atoms with E-state index in [-0.39, 0.29) is 6.10 Å². The van der Waals surface area contributed by atoms with Crippen molar-refractivity contribution in [2.45, 2.75) is 12.5 Å². The Labute approximate surface area is 141 Å². The second kappa shape index (κ2) is 10.4. The zero-order chi connectivity index (χ0) is 17.2. The number of aliphatic carboxylic acids is 1. The highest BCUT2D eigenvalue weighted by Gasteiger charge is 2.21. The number of hydrogen-bond donors (Lipinski definition) is 1. The van der Waals surface area contributed by atoms with Gasteiger partial charge in [-0.05, 0) is 6.42 Å². The van der Waals surface area contributed by atoms with Gasteiger partial charge in [0, 0.05) is 51.4 Å². The molecule has 0 saturated carbocycles. The lowest BCUT2D eigenvalue weighted by Crippen LogP contribution is -2.44. The predicted octanol–water partition coefficient (Wildman–Crippen LogP) is -0.406. The van der Waals surface area contributed by atoms with E-state index in [4.69, 9.17) is 19.3 Å². The molecule has 0 bridgehead atoms. The highest BCUT2D eigenvalue weighted by molar-refractivity contribution is 5.90. The maximum absolute atomic E-state index is 11.8. The second-order valence-corrected chi connectivity index (χ2v) is 5.89. The lowest BCUT2D eigenvalue weighted by molar-refractivity contribution is -0.145. The second-order valence-electron chi connectivity index (χ2n) is 5.89. The van der Waals surface area contributed by atoms with Gasteiger partial charge in [0.1, 0.15) is 6.10 Å². The molecule has 0 aromatic carbocycles. The maximum atomic E-state index is 11.8. The molecule has 0 radical (unpaired) electrons. The third-order valence-corrected chi connectivity index (χ3v) is 4.08. The Kier molecular flexibility index (Phi) is 8.17. The van der Waals surface area contributed by atoms with Crippen molar-refractivity contribution >= 4 is 11.9 Å². The normalized spacial score (nSPS) is 21.7. The molecule has 0 aromatic rings. The van der Waals surface area contributed by atoms with Crippen molar-refractivity contribution in [1.29, 1.82) is 0 Å². The zero-order valence-electron chi connectivity index (χ0n) is 13.9. The smallest absolute Gasteiger partial charge is 0.331 e. The van der Waals surface area contributed by atoms with E-state index in [1.807, 2.05) is 0 Å². The fraction of sp³-hybridized carbons (Fsp3) is 0.750.